The number of aliphatic hydroxyl groups excluding tert-OH is 1. The lowest BCUT2D eigenvalue weighted by Crippen LogP contribution is -2.43. The molecule has 1 saturated carbocycles. The standard InChI is InChI=1S/C16H24N2O2S/c1-21-11-13-4-2-3-12(9-13)10-17-16(20)18-14-5-7-15(19)8-6-14/h2-4,9,14-15,19H,5-8,10-11H2,1H3,(H2,17,18,20). The van der Waals surface area contributed by atoms with E-state index in [-0.39, 0.29) is 18.2 Å². The molecule has 116 valence electrons. The van der Waals surface area contributed by atoms with E-state index in [1.165, 1.54) is 5.56 Å². The second-order valence-electron chi connectivity index (χ2n) is 5.59. The SMILES string of the molecule is CSCc1cccc(CNC(=O)NC2CCC(O)CC2)c1. The van der Waals surface area contributed by atoms with Gasteiger partial charge in [-0.05, 0) is 43.1 Å². The van der Waals surface area contributed by atoms with Gasteiger partial charge < -0.3 is 15.7 Å². The molecular weight excluding hydrogens is 284 g/mol. The fourth-order valence-corrected chi connectivity index (χ4v) is 3.15. The van der Waals surface area contributed by atoms with Crippen LogP contribution in [0.25, 0.3) is 0 Å². The number of benzene rings is 1. The number of nitrogens with one attached hydrogen (secondary N) is 2. The summed E-state index contributed by atoms with van der Waals surface area (Å²) in [5, 5.41) is 15.3. The van der Waals surface area contributed by atoms with Crippen molar-refractivity contribution >= 4 is 17.8 Å². The maximum Gasteiger partial charge on any atom is 0.315 e. The highest BCUT2D eigenvalue weighted by molar-refractivity contribution is 7.97. The predicted octanol–water partition coefficient (Wildman–Crippen LogP) is 2.65. The van der Waals surface area contributed by atoms with Crippen molar-refractivity contribution < 1.29 is 9.90 Å². The molecule has 0 aromatic heterocycles. The molecule has 0 heterocycles. The molecule has 0 unspecified atom stereocenters. The molecule has 0 radical (unpaired) electrons. The van der Waals surface area contributed by atoms with Crippen LogP contribution in [0.2, 0.25) is 0 Å². The van der Waals surface area contributed by atoms with Gasteiger partial charge >= 0.3 is 6.03 Å². The first-order valence-electron chi connectivity index (χ1n) is 7.46. The lowest BCUT2D eigenvalue weighted by atomic mass is 9.93. The quantitative estimate of drug-likeness (QED) is 0.783. The van der Waals surface area contributed by atoms with E-state index in [1.807, 2.05) is 12.1 Å². The van der Waals surface area contributed by atoms with Crippen LogP contribution in [0.4, 0.5) is 4.79 Å². The van der Waals surface area contributed by atoms with Crippen molar-refractivity contribution in [3.63, 3.8) is 0 Å². The maximum atomic E-state index is 11.9. The zero-order chi connectivity index (χ0) is 15.1. The molecule has 4 nitrogen and oxygen atoms in total. The molecule has 2 rings (SSSR count). The Labute approximate surface area is 130 Å². The second-order valence-corrected chi connectivity index (χ2v) is 6.45. The van der Waals surface area contributed by atoms with E-state index in [2.05, 4.69) is 29.0 Å². The molecule has 1 aliphatic carbocycles. The molecule has 0 aliphatic heterocycles. The van der Waals surface area contributed by atoms with Crippen LogP contribution >= 0.6 is 11.8 Å². The molecular formula is C16H24N2O2S. The van der Waals surface area contributed by atoms with Gasteiger partial charge in [-0.2, -0.15) is 11.8 Å². The Bertz CT molecular complexity index is 459. The van der Waals surface area contributed by atoms with Crippen LogP contribution < -0.4 is 10.6 Å². The first-order valence-corrected chi connectivity index (χ1v) is 8.86. The molecule has 0 atom stereocenters. The summed E-state index contributed by atoms with van der Waals surface area (Å²) in [5.41, 5.74) is 2.40. The third-order valence-corrected chi connectivity index (χ3v) is 4.41. The number of hydrogen-bond acceptors (Lipinski definition) is 3. The van der Waals surface area contributed by atoms with E-state index >= 15 is 0 Å². The Morgan fingerprint density at radius 3 is 2.71 bits per heavy atom. The third-order valence-electron chi connectivity index (χ3n) is 3.79. The summed E-state index contributed by atoms with van der Waals surface area (Å²) >= 11 is 1.79. The molecule has 5 heteroatoms. The van der Waals surface area contributed by atoms with Gasteiger partial charge in [0.1, 0.15) is 0 Å². The monoisotopic (exact) mass is 308 g/mol. The Kier molecular flexibility index (Phi) is 6.39. The summed E-state index contributed by atoms with van der Waals surface area (Å²) in [4.78, 5) is 11.9. The second kappa shape index (κ2) is 8.29. The van der Waals surface area contributed by atoms with Crippen LogP contribution in [0.1, 0.15) is 36.8 Å². The van der Waals surface area contributed by atoms with Crippen LogP contribution in [0.5, 0.6) is 0 Å². The minimum Gasteiger partial charge on any atom is -0.393 e. The number of hydrogen-bond donors (Lipinski definition) is 3. The molecule has 0 saturated heterocycles. The number of amides is 2. The van der Waals surface area contributed by atoms with Crippen molar-refractivity contribution in [2.45, 2.75) is 50.1 Å². The van der Waals surface area contributed by atoms with Crippen molar-refractivity contribution in [1.82, 2.24) is 10.6 Å². The molecule has 0 spiro atoms. The van der Waals surface area contributed by atoms with E-state index in [9.17, 15) is 9.90 Å². The fourth-order valence-electron chi connectivity index (χ4n) is 2.63. The van der Waals surface area contributed by atoms with E-state index in [4.69, 9.17) is 0 Å². The van der Waals surface area contributed by atoms with Crippen molar-refractivity contribution in [2.75, 3.05) is 6.26 Å². The van der Waals surface area contributed by atoms with Crippen LogP contribution in [0, 0.1) is 0 Å². The van der Waals surface area contributed by atoms with Gasteiger partial charge in [0.05, 0.1) is 6.10 Å². The molecule has 1 aromatic rings. The summed E-state index contributed by atoms with van der Waals surface area (Å²) in [6, 6.07) is 8.37. The highest BCUT2D eigenvalue weighted by Crippen LogP contribution is 2.18. The molecule has 1 aromatic carbocycles. The highest BCUT2D eigenvalue weighted by Gasteiger charge is 2.20. The predicted molar refractivity (Wildman–Crippen MR) is 87.3 cm³/mol. The first-order chi connectivity index (χ1) is 10.2. The molecule has 21 heavy (non-hydrogen) atoms. The van der Waals surface area contributed by atoms with Gasteiger partial charge in [0.15, 0.2) is 0 Å². The minimum atomic E-state index is -0.190. The Balaban J connectivity index is 1.74. The fraction of sp³-hybridized carbons (Fsp3) is 0.562. The highest BCUT2D eigenvalue weighted by atomic mass is 32.2. The summed E-state index contributed by atoms with van der Waals surface area (Å²) in [5.74, 6) is 0.991. The van der Waals surface area contributed by atoms with Gasteiger partial charge in [0, 0.05) is 18.3 Å². The normalized spacial score (nSPS) is 21.8. The van der Waals surface area contributed by atoms with Crippen LogP contribution in [0.15, 0.2) is 24.3 Å². The molecule has 2 amide bonds. The van der Waals surface area contributed by atoms with E-state index < -0.39 is 0 Å². The molecule has 1 fully saturated rings. The molecule has 1 aliphatic rings. The Morgan fingerprint density at radius 2 is 2.00 bits per heavy atom. The van der Waals surface area contributed by atoms with Gasteiger partial charge in [-0.15, -0.1) is 0 Å². The smallest absolute Gasteiger partial charge is 0.315 e. The summed E-state index contributed by atoms with van der Waals surface area (Å²) in [7, 11) is 0. The lowest BCUT2D eigenvalue weighted by molar-refractivity contribution is 0.117. The Morgan fingerprint density at radius 1 is 1.29 bits per heavy atom. The zero-order valence-corrected chi connectivity index (χ0v) is 13.3. The topological polar surface area (TPSA) is 61.4 Å². The summed E-state index contributed by atoms with van der Waals surface area (Å²) in [6.45, 7) is 0.545. The summed E-state index contributed by atoms with van der Waals surface area (Å²) < 4.78 is 0. The van der Waals surface area contributed by atoms with Gasteiger partial charge in [-0.1, -0.05) is 24.3 Å². The first kappa shape index (κ1) is 16.2. The van der Waals surface area contributed by atoms with E-state index in [0.717, 1.165) is 37.0 Å². The van der Waals surface area contributed by atoms with Gasteiger partial charge in [-0.25, -0.2) is 4.79 Å². The number of carbonyl (C=O) groups is 1. The Hall–Kier alpha value is -1.20. The average Bonchev–Trinajstić information content (AvgIpc) is 2.48. The zero-order valence-electron chi connectivity index (χ0n) is 12.5. The number of urea groups is 1. The average molecular weight is 308 g/mol. The number of thioether (sulfide) groups is 1. The maximum absolute atomic E-state index is 11.9. The molecule has 3 N–H and O–H groups in total. The van der Waals surface area contributed by atoms with Crippen molar-refractivity contribution in [3.05, 3.63) is 35.4 Å². The number of carbonyl (C=O) groups excluding carboxylic acids is 1. The molecule has 0 bridgehead atoms. The minimum absolute atomic E-state index is 0.119. The van der Waals surface area contributed by atoms with Gasteiger partial charge in [0.25, 0.3) is 0 Å². The van der Waals surface area contributed by atoms with Crippen LogP contribution in [0.3, 0.4) is 0 Å². The lowest BCUT2D eigenvalue weighted by Gasteiger charge is -2.26. The van der Waals surface area contributed by atoms with Crippen LogP contribution in [-0.2, 0) is 12.3 Å². The van der Waals surface area contributed by atoms with Crippen molar-refractivity contribution in [3.8, 4) is 0 Å². The van der Waals surface area contributed by atoms with Crippen molar-refractivity contribution in [1.29, 1.82) is 0 Å². The van der Waals surface area contributed by atoms with Gasteiger partial charge in [-0.3, -0.25) is 0 Å². The number of aliphatic hydroxyl groups is 1. The summed E-state index contributed by atoms with van der Waals surface area (Å²) in [6.07, 6.45) is 5.17. The largest absolute Gasteiger partial charge is 0.393 e. The third kappa shape index (κ3) is 5.59. The van der Waals surface area contributed by atoms with Crippen LogP contribution in [-0.4, -0.2) is 29.5 Å². The number of rotatable bonds is 5. The van der Waals surface area contributed by atoms with Crippen molar-refractivity contribution in [2.24, 2.45) is 0 Å². The van der Waals surface area contributed by atoms with E-state index in [0.29, 0.717) is 6.54 Å². The van der Waals surface area contributed by atoms with E-state index in [1.54, 1.807) is 11.8 Å². The van der Waals surface area contributed by atoms with Gasteiger partial charge in [0.2, 0.25) is 0 Å².